The molecule has 7 nitrogen and oxygen atoms in total. The lowest BCUT2D eigenvalue weighted by Gasteiger charge is -2.09. The Balaban J connectivity index is 3.31. The van der Waals surface area contributed by atoms with Crippen molar-refractivity contribution in [2.24, 2.45) is 0 Å². The van der Waals surface area contributed by atoms with Crippen LogP contribution in [0.4, 0.5) is 5.69 Å². The van der Waals surface area contributed by atoms with E-state index in [0.29, 0.717) is 0 Å². The fourth-order valence-electron chi connectivity index (χ4n) is 1.30. The van der Waals surface area contributed by atoms with Gasteiger partial charge in [0.25, 0.3) is 0 Å². The molecule has 0 saturated heterocycles. The van der Waals surface area contributed by atoms with Gasteiger partial charge in [0, 0.05) is 6.42 Å². The first-order valence-electron chi connectivity index (χ1n) is 5.14. The molecule has 1 heterocycles. The third-order valence-corrected chi connectivity index (χ3v) is 2.24. The number of carbonyl (C=O) groups excluding carboxylic acids is 1. The van der Waals surface area contributed by atoms with Crippen LogP contribution in [0.2, 0.25) is 0 Å². The summed E-state index contributed by atoms with van der Waals surface area (Å²) in [6.45, 7) is 3.13. The van der Waals surface area contributed by atoms with Gasteiger partial charge in [-0.2, -0.15) is 0 Å². The number of amides is 1. The molecule has 1 amide bonds. The number of carbonyl (C=O) groups is 3. The molecule has 0 atom stereocenters. The van der Waals surface area contributed by atoms with Crippen molar-refractivity contribution < 1.29 is 24.6 Å². The van der Waals surface area contributed by atoms with E-state index in [9.17, 15) is 14.4 Å². The lowest BCUT2D eigenvalue weighted by Crippen LogP contribution is -2.16. The molecule has 1 rings (SSSR count). The van der Waals surface area contributed by atoms with Crippen molar-refractivity contribution in [3.63, 3.8) is 0 Å². The van der Waals surface area contributed by atoms with Gasteiger partial charge in [-0.3, -0.25) is 4.79 Å². The summed E-state index contributed by atoms with van der Waals surface area (Å²) in [5.41, 5.74) is -0.558. The van der Waals surface area contributed by atoms with E-state index >= 15 is 0 Å². The molecule has 0 aromatic carbocycles. The average molecular weight is 252 g/mol. The minimum Gasteiger partial charge on any atom is -0.478 e. The maximum atomic E-state index is 11.2. The number of carboxylic acid groups (broad SMARTS) is 2. The molecule has 0 spiro atoms. The second-order valence-electron chi connectivity index (χ2n) is 3.53. The summed E-state index contributed by atoms with van der Waals surface area (Å²) in [5, 5.41) is 20.2. The number of pyridine rings is 1. The van der Waals surface area contributed by atoms with Crippen molar-refractivity contribution in [3.8, 4) is 0 Å². The topological polar surface area (TPSA) is 117 Å². The van der Waals surface area contributed by atoms with Crippen LogP contribution in [0.5, 0.6) is 0 Å². The lowest BCUT2D eigenvalue weighted by molar-refractivity contribution is -0.115. The molecule has 0 aliphatic rings. The molecule has 0 unspecified atom stereocenters. The molecule has 0 radical (unpaired) electrons. The number of carboxylic acids is 2. The number of anilines is 1. The Kier molecular flexibility index (Phi) is 3.98. The zero-order chi connectivity index (χ0) is 13.9. The number of aromatic carboxylic acids is 2. The van der Waals surface area contributed by atoms with Gasteiger partial charge >= 0.3 is 11.9 Å². The summed E-state index contributed by atoms with van der Waals surface area (Å²) in [7, 11) is 0. The summed E-state index contributed by atoms with van der Waals surface area (Å²) in [6.07, 6.45) is 0.225. The predicted octanol–water partition coefficient (Wildman–Crippen LogP) is 1.13. The van der Waals surface area contributed by atoms with Crippen LogP contribution in [-0.2, 0) is 4.79 Å². The Morgan fingerprint density at radius 1 is 1.28 bits per heavy atom. The van der Waals surface area contributed by atoms with Gasteiger partial charge in [0.1, 0.15) is 0 Å². The van der Waals surface area contributed by atoms with Crippen LogP contribution in [0.3, 0.4) is 0 Å². The van der Waals surface area contributed by atoms with Crippen molar-refractivity contribution in [3.05, 3.63) is 23.0 Å². The van der Waals surface area contributed by atoms with E-state index in [1.807, 2.05) is 0 Å². The van der Waals surface area contributed by atoms with E-state index in [4.69, 9.17) is 10.2 Å². The van der Waals surface area contributed by atoms with Gasteiger partial charge in [-0.05, 0) is 13.0 Å². The molecular formula is C11H12N2O5. The van der Waals surface area contributed by atoms with Crippen LogP contribution in [0.25, 0.3) is 0 Å². The number of nitrogens with one attached hydrogen (secondary N) is 1. The van der Waals surface area contributed by atoms with E-state index in [1.165, 1.54) is 6.92 Å². The van der Waals surface area contributed by atoms with Gasteiger partial charge in [-0.25, -0.2) is 14.6 Å². The molecular weight excluding hydrogens is 240 g/mol. The maximum absolute atomic E-state index is 11.2. The first-order chi connectivity index (χ1) is 8.36. The molecule has 1 aromatic heterocycles. The third kappa shape index (κ3) is 2.82. The minimum atomic E-state index is -1.43. The molecule has 0 aliphatic heterocycles. The monoisotopic (exact) mass is 252 g/mol. The fraction of sp³-hybridized carbons (Fsp3) is 0.273. The minimum absolute atomic E-state index is 0.198. The molecule has 1 aromatic rings. The van der Waals surface area contributed by atoms with E-state index in [1.54, 1.807) is 6.92 Å². The molecule has 0 saturated carbocycles. The Labute approximate surface area is 102 Å². The van der Waals surface area contributed by atoms with Gasteiger partial charge in [0.15, 0.2) is 5.69 Å². The average Bonchev–Trinajstić information content (AvgIpc) is 2.30. The summed E-state index contributed by atoms with van der Waals surface area (Å²) in [4.78, 5) is 36.7. The van der Waals surface area contributed by atoms with E-state index in [0.717, 1.165) is 6.07 Å². The van der Waals surface area contributed by atoms with Gasteiger partial charge in [-0.15, -0.1) is 0 Å². The smallest absolute Gasteiger partial charge is 0.355 e. The molecule has 7 heteroatoms. The summed E-state index contributed by atoms with van der Waals surface area (Å²) in [5.74, 6) is -3.14. The number of nitrogens with zero attached hydrogens (tertiary/aromatic N) is 1. The highest BCUT2D eigenvalue weighted by Gasteiger charge is 2.20. The Morgan fingerprint density at radius 2 is 1.89 bits per heavy atom. The van der Waals surface area contributed by atoms with E-state index in [2.05, 4.69) is 10.3 Å². The quantitative estimate of drug-likeness (QED) is 0.739. The second kappa shape index (κ2) is 5.26. The number of aryl methyl sites for hydroxylation is 1. The molecule has 96 valence electrons. The summed E-state index contributed by atoms with van der Waals surface area (Å²) in [6, 6.07) is 1.10. The van der Waals surface area contributed by atoms with Crippen LogP contribution in [0, 0.1) is 6.92 Å². The van der Waals surface area contributed by atoms with Crippen molar-refractivity contribution >= 4 is 23.5 Å². The Bertz CT molecular complexity index is 524. The largest absolute Gasteiger partial charge is 0.478 e. The summed E-state index contributed by atoms with van der Waals surface area (Å²) >= 11 is 0. The fourth-order valence-corrected chi connectivity index (χ4v) is 1.30. The van der Waals surface area contributed by atoms with Crippen molar-refractivity contribution in [1.29, 1.82) is 0 Å². The highest BCUT2D eigenvalue weighted by Crippen LogP contribution is 2.18. The highest BCUT2D eigenvalue weighted by atomic mass is 16.4. The van der Waals surface area contributed by atoms with Gasteiger partial charge in [-0.1, -0.05) is 6.92 Å². The number of hydrogen-bond donors (Lipinski definition) is 3. The maximum Gasteiger partial charge on any atom is 0.355 e. The normalized spacial score (nSPS) is 9.89. The van der Waals surface area contributed by atoms with E-state index < -0.39 is 23.2 Å². The van der Waals surface area contributed by atoms with Gasteiger partial charge in [0.05, 0.1) is 16.9 Å². The molecule has 0 fully saturated rings. The first-order valence-corrected chi connectivity index (χ1v) is 5.14. The van der Waals surface area contributed by atoms with Crippen molar-refractivity contribution in [2.45, 2.75) is 20.3 Å². The van der Waals surface area contributed by atoms with Gasteiger partial charge < -0.3 is 15.5 Å². The lowest BCUT2D eigenvalue weighted by atomic mass is 10.1. The van der Waals surface area contributed by atoms with Crippen molar-refractivity contribution in [2.75, 3.05) is 5.32 Å². The van der Waals surface area contributed by atoms with Crippen LogP contribution >= 0.6 is 0 Å². The van der Waals surface area contributed by atoms with Crippen LogP contribution < -0.4 is 5.32 Å². The van der Waals surface area contributed by atoms with Gasteiger partial charge in [0.2, 0.25) is 5.91 Å². The second-order valence-corrected chi connectivity index (χ2v) is 3.53. The number of aromatic nitrogens is 1. The van der Waals surface area contributed by atoms with Crippen LogP contribution in [0.15, 0.2) is 6.07 Å². The molecule has 3 N–H and O–H groups in total. The first kappa shape index (κ1) is 13.6. The number of rotatable bonds is 4. The van der Waals surface area contributed by atoms with Crippen LogP contribution in [0.1, 0.15) is 39.9 Å². The Morgan fingerprint density at radius 3 is 2.33 bits per heavy atom. The zero-order valence-corrected chi connectivity index (χ0v) is 9.85. The van der Waals surface area contributed by atoms with E-state index in [-0.39, 0.29) is 23.7 Å². The third-order valence-electron chi connectivity index (χ3n) is 2.24. The standard InChI is InChI=1S/C11H12N2O5/c1-3-8(14)13-7-4-6(10(15)16)9(11(17)18)12-5(7)2/h4H,3H2,1-2H3,(H,13,14)(H,15,16)(H,17,18). The molecule has 0 bridgehead atoms. The zero-order valence-electron chi connectivity index (χ0n) is 9.85. The Hall–Kier alpha value is -2.44. The molecule has 18 heavy (non-hydrogen) atoms. The summed E-state index contributed by atoms with van der Waals surface area (Å²) < 4.78 is 0. The van der Waals surface area contributed by atoms with Crippen molar-refractivity contribution in [1.82, 2.24) is 4.98 Å². The highest BCUT2D eigenvalue weighted by molar-refractivity contribution is 6.02. The van der Waals surface area contributed by atoms with Crippen LogP contribution in [-0.4, -0.2) is 33.0 Å². The predicted molar refractivity (Wildman–Crippen MR) is 61.8 cm³/mol. The molecule has 0 aliphatic carbocycles. The SMILES string of the molecule is CCC(=O)Nc1cc(C(=O)O)c(C(=O)O)nc1C. The number of hydrogen-bond acceptors (Lipinski definition) is 4.